The zero-order valence-corrected chi connectivity index (χ0v) is 14.0. The first-order valence-electron chi connectivity index (χ1n) is 8.36. The van der Waals surface area contributed by atoms with Gasteiger partial charge in [0.15, 0.2) is 0 Å². The van der Waals surface area contributed by atoms with E-state index in [1.54, 1.807) is 7.11 Å². The number of hydrogen-bond acceptors (Lipinski definition) is 4. The Balaban J connectivity index is 1.96. The van der Waals surface area contributed by atoms with Gasteiger partial charge >= 0.3 is 0 Å². The summed E-state index contributed by atoms with van der Waals surface area (Å²) in [6.45, 7) is 2.90. The minimum atomic E-state index is -3.11. The van der Waals surface area contributed by atoms with Crippen LogP contribution < -0.4 is 5.32 Å². The van der Waals surface area contributed by atoms with Gasteiger partial charge < -0.3 is 10.1 Å². The maximum absolute atomic E-state index is 12.9. The Bertz CT molecular complexity index is 394. The molecule has 2 aliphatic rings. The average molecular weight is 318 g/mol. The Kier molecular flexibility index (Phi) is 6.92. The lowest BCUT2D eigenvalue weighted by molar-refractivity contribution is 0.191. The van der Waals surface area contributed by atoms with E-state index in [1.165, 1.54) is 6.42 Å². The van der Waals surface area contributed by atoms with E-state index in [0.717, 1.165) is 58.0 Å². The predicted octanol–water partition coefficient (Wildman–Crippen LogP) is 1.74. The second-order valence-corrected chi connectivity index (χ2v) is 8.43. The molecule has 1 N–H and O–H groups in total. The van der Waals surface area contributed by atoms with Gasteiger partial charge in [-0.1, -0.05) is 25.7 Å². The molecule has 2 fully saturated rings. The van der Waals surface area contributed by atoms with Crippen LogP contribution in [0.5, 0.6) is 0 Å². The molecule has 0 aromatic heterocycles. The van der Waals surface area contributed by atoms with E-state index in [2.05, 4.69) is 5.32 Å². The van der Waals surface area contributed by atoms with Crippen LogP contribution in [-0.2, 0) is 14.8 Å². The predicted molar refractivity (Wildman–Crippen MR) is 84.9 cm³/mol. The molecule has 1 atom stereocenters. The van der Waals surface area contributed by atoms with Crippen molar-refractivity contribution >= 4 is 10.0 Å². The lowest BCUT2D eigenvalue weighted by Gasteiger charge is -2.38. The summed E-state index contributed by atoms with van der Waals surface area (Å²) < 4.78 is 32.7. The van der Waals surface area contributed by atoms with Crippen molar-refractivity contribution in [2.45, 2.75) is 62.7 Å². The fraction of sp³-hybridized carbons (Fsp3) is 1.00. The van der Waals surface area contributed by atoms with Gasteiger partial charge in [0.05, 0.1) is 11.9 Å². The summed E-state index contributed by atoms with van der Waals surface area (Å²) in [5, 5.41) is 3.20. The normalized spacial score (nSPS) is 26.0. The van der Waals surface area contributed by atoms with Crippen LogP contribution in [-0.4, -0.2) is 57.4 Å². The molecule has 5 nitrogen and oxygen atoms in total. The third-order valence-electron chi connectivity index (χ3n) is 4.74. The van der Waals surface area contributed by atoms with Crippen LogP contribution in [0.1, 0.15) is 51.4 Å². The standard InChI is InChI=1S/C15H30N2O3S/c1-20-12-10-16-13-14-7-5-6-11-17(14)21(18,19)15-8-3-2-4-9-15/h14-16H,2-13H2,1H3. The summed E-state index contributed by atoms with van der Waals surface area (Å²) >= 11 is 0. The first kappa shape index (κ1) is 17.2. The zero-order chi connectivity index (χ0) is 15.1. The molecule has 1 saturated carbocycles. The van der Waals surface area contributed by atoms with E-state index in [9.17, 15) is 8.42 Å². The van der Waals surface area contributed by atoms with E-state index in [-0.39, 0.29) is 11.3 Å². The van der Waals surface area contributed by atoms with Gasteiger partial charge in [0.1, 0.15) is 0 Å². The highest BCUT2D eigenvalue weighted by molar-refractivity contribution is 7.89. The van der Waals surface area contributed by atoms with E-state index in [0.29, 0.717) is 13.2 Å². The topological polar surface area (TPSA) is 58.6 Å². The average Bonchev–Trinajstić information content (AvgIpc) is 2.53. The molecule has 6 heteroatoms. The van der Waals surface area contributed by atoms with Crippen molar-refractivity contribution in [1.82, 2.24) is 9.62 Å². The summed E-state index contributed by atoms with van der Waals surface area (Å²) in [5.74, 6) is 0. The maximum atomic E-state index is 12.9. The molecule has 124 valence electrons. The lowest BCUT2D eigenvalue weighted by Crippen LogP contribution is -2.51. The molecular weight excluding hydrogens is 288 g/mol. The minimum Gasteiger partial charge on any atom is -0.383 e. The molecule has 21 heavy (non-hydrogen) atoms. The van der Waals surface area contributed by atoms with Crippen molar-refractivity contribution in [2.24, 2.45) is 0 Å². The number of nitrogens with zero attached hydrogens (tertiary/aromatic N) is 1. The number of piperidine rings is 1. The highest BCUT2D eigenvalue weighted by Crippen LogP contribution is 2.30. The summed E-state index contributed by atoms with van der Waals surface area (Å²) in [6.07, 6.45) is 8.13. The Morgan fingerprint density at radius 1 is 1.10 bits per heavy atom. The van der Waals surface area contributed by atoms with Crippen molar-refractivity contribution in [1.29, 1.82) is 0 Å². The molecule has 1 unspecified atom stereocenters. The van der Waals surface area contributed by atoms with Crippen LogP contribution in [0.2, 0.25) is 0 Å². The molecule has 0 aromatic rings. The molecule has 1 heterocycles. The summed E-state index contributed by atoms with van der Waals surface area (Å²) in [4.78, 5) is 0. The number of nitrogens with one attached hydrogen (secondary N) is 1. The maximum Gasteiger partial charge on any atom is 0.217 e. The van der Waals surface area contributed by atoms with E-state index < -0.39 is 10.0 Å². The Morgan fingerprint density at radius 2 is 1.81 bits per heavy atom. The van der Waals surface area contributed by atoms with Gasteiger partial charge in [0.25, 0.3) is 0 Å². The van der Waals surface area contributed by atoms with E-state index in [1.807, 2.05) is 4.31 Å². The lowest BCUT2D eigenvalue weighted by atomic mass is 10.0. The molecule has 0 bridgehead atoms. The van der Waals surface area contributed by atoms with Crippen LogP contribution in [0.4, 0.5) is 0 Å². The summed E-state index contributed by atoms with van der Waals surface area (Å²) in [7, 11) is -1.43. The molecule has 0 spiro atoms. The Hall–Kier alpha value is -0.170. The van der Waals surface area contributed by atoms with Crippen LogP contribution >= 0.6 is 0 Å². The smallest absolute Gasteiger partial charge is 0.217 e. The van der Waals surface area contributed by atoms with Crippen molar-refractivity contribution in [3.05, 3.63) is 0 Å². The molecule has 0 amide bonds. The molecule has 1 aliphatic heterocycles. The molecule has 0 aromatic carbocycles. The highest BCUT2D eigenvalue weighted by Gasteiger charge is 2.37. The van der Waals surface area contributed by atoms with Gasteiger partial charge in [0, 0.05) is 32.8 Å². The van der Waals surface area contributed by atoms with Gasteiger partial charge in [-0.05, 0) is 25.7 Å². The number of methoxy groups -OCH3 is 1. The number of ether oxygens (including phenoxy) is 1. The number of sulfonamides is 1. The number of hydrogen-bond donors (Lipinski definition) is 1. The third kappa shape index (κ3) is 4.65. The fourth-order valence-corrected chi connectivity index (χ4v) is 5.80. The Labute approximate surface area is 129 Å². The zero-order valence-electron chi connectivity index (χ0n) is 13.2. The molecule has 0 radical (unpaired) electrons. The fourth-order valence-electron chi connectivity index (χ4n) is 3.51. The third-order valence-corrected chi connectivity index (χ3v) is 7.18. The summed E-state index contributed by atoms with van der Waals surface area (Å²) in [5.41, 5.74) is 0. The number of rotatable bonds is 7. The first-order chi connectivity index (χ1) is 10.2. The monoisotopic (exact) mass is 318 g/mol. The van der Waals surface area contributed by atoms with Crippen molar-refractivity contribution in [2.75, 3.05) is 33.4 Å². The Morgan fingerprint density at radius 3 is 2.52 bits per heavy atom. The summed E-state index contributed by atoms with van der Waals surface area (Å²) in [6, 6.07) is 0.127. The first-order valence-corrected chi connectivity index (χ1v) is 9.87. The minimum absolute atomic E-state index is 0.127. The molecular formula is C15H30N2O3S. The van der Waals surface area contributed by atoms with Crippen molar-refractivity contribution in [3.63, 3.8) is 0 Å². The van der Waals surface area contributed by atoms with Gasteiger partial charge in [-0.15, -0.1) is 0 Å². The van der Waals surface area contributed by atoms with Gasteiger partial charge in [-0.25, -0.2) is 8.42 Å². The van der Waals surface area contributed by atoms with E-state index >= 15 is 0 Å². The van der Waals surface area contributed by atoms with Crippen molar-refractivity contribution in [3.8, 4) is 0 Å². The second-order valence-electron chi connectivity index (χ2n) is 6.26. The van der Waals surface area contributed by atoms with Crippen molar-refractivity contribution < 1.29 is 13.2 Å². The van der Waals surface area contributed by atoms with Crippen LogP contribution in [0.15, 0.2) is 0 Å². The highest BCUT2D eigenvalue weighted by atomic mass is 32.2. The van der Waals surface area contributed by atoms with Gasteiger partial charge in [-0.3, -0.25) is 0 Å². The quantitative estimate of drug-likeness (QED) is 0.727. The van der Waals surface area contributed by atoms with Gasteiger partial charge in [-0.2, -0.15) is 4.31 Å². The second kappa shape index (κ2) is 8.46. The van der Waals surface area contributed by atoms with Crippen LogP contribution in [0.3, 0.4) is 0 Å². The van der Waals surface area contributed by atoms with Gasteiger partial charge in [0.2, 0.25) is 10.0 Å². The van der Waals surface area contributed by atoms with Crippen LogP contribution in [0, 0.1) is 0 Å². The largest absolute Gasteiger partial charge is 0.383 e. The molecule has 1 saturated heterocycles. The molecule has 2 rings (SSSR count). The SMILES string of the molecule is COCCNCC1CCCCN1S(=O)(=O)C1CCCCC1. The van der Waals surface area contributed by atoms with Crippen LogP contribution in [0.25, 0.3) is 0 Å². The molecule has 1 aliphatic carbocycles. The van der Waals surface area contributed by atoms with E-state index in [4.69, 9.17) is 4.74 Å².